The van der Waals surface area contributed by atoms with Crippen molar-refractivity contribution in [3.63, 3.8) is 0 Å². The highest BCUT2D eigenvalue weighted by molar-refractivity contribution is 5.82. The summed E-state index contributed by atoms with van der Waals surface area (Å²) in [7, 11) is 0. The molecule has 0 radical (unpaired) electrons. The molecule has 220 valence electrons. The summed E-state index contributed by atoms with van der Waals surface area (Å²) in [6.07, 6.45) is 0.415. The van der Waals surface area contributed by atoms with Crippen molar-refractivity contribution in [2.75, 3.05) is 50.8 Å². The van der Waals surface area contributed by atoms with E-state index < -0.39 is 17.2 Å². The summed E-state index contributed by atoms with van der Waals surface area (Å²) >= 11 is 0. The van der Waals surface area contributed by atoms with Crippen LogP contribution in [0.1, 0.15) is 46.6 Å². The molecule has 2 saturated heterocycles. The lowest BCUT2D eigenvalue weighted by molar-refractivity contribution is -0.128. The van der Waals surface area contributed by atoms with Gasteiger partial charge in [0, 0.05) is 31.9 Å². The molecule has 1 atom stereocenters. The standard InChI is InChI=1S/C32H43N5O4/c1-23(2)20-28(29(38)34-15-14-33)35-32(21-40-22-32)26-10-6-24(7-11-26)25-8-12-27(13-9-25)36-16-18-37(19-17-36)30(39)41-31(3,4)5/h6-13,23,28,35H,15-22H2,1-5H3,(H,34,38)/t28-/m0/s1. The van der Waals surface area contributed by atoms with Gasteiger partial charge >= 0.3 is 6.09 Å². The smallest absolute Gasteiger partial charge is 0.410 e. The van der Waals surface area contributed by atoms with Crippen LogP contribution in [0.15, 0.2) is 48.5 Å². The van der Waals surface area contributed by atoms with Gasteiger partial charge in [0.05, 0.1) is 30.9 Å². The number of nitriles is 1. The Balaban J connectivity index is 1.39. The molecular formula is C32H43N5O4. The number of hydrogen-bond acceptors (Lipinski definition) is 7. The van der Waals surface area contributed by atoms with Gasteiger partial charge in [-0.2, -0.15) is 5.26 Å². The number of ether oxygens (including phenoxy) is 2. The lowest BCUT2D eigenvalue weighted by Gasteiger charge is -2.45. The van der Waals surface area contributed by atoms with E-state index >= 15 is 0 Å². The zero-order chi connectivity index (χ0) is 29.6. The molecule has 2 aromatic carbocycles. The molecule has 0 aliphatic carbocycles. The Morgan fingerprint density at radius 1 is 1.00 bits per heavy atom. The summed E-state index contributed by atoms with van der Waals surface area (Å²) in [5.74, 6) is 0.159. The van der Waals surface area contributed by atoms with Crippen molar-refractivity contribution in [2.45, 2.75) is 58.2 Å². The number of amides is 2. The van der Waals surface area contributed by atoms with Crippen LogP contribution in [-0.2, 0) is 19.8 Å². The molecule has 0 unspecified atom stereocenters. The van der Waals surface area contributed by atoms with E-state index in [0.29, 0.717) is 38.6 Å². The molecule has 0 spiro atoms. The molecular weight excluding hydrogens is 518 g/mol. The predicted molar refractivity (Wildman–Crippen MR) is 159 cm³/mol. The van der Waals surface area contributed by atoms with Crippen LogP contribution in [0.3, 0.4) is 0 Å². The zero-order valence-electron chi connectivity index (χ0n) is 24.9. The van der Waals surface area contributed by atoms with E-state index in [9.17, 15) is 9.59 Å². The molecule has 2 N–H and O–H groups in total. The van der Waals surface area contributed by atoms with Crippen molar-refractivity contribution in [1.82, 2.24) is 15.5 Å². The summed E-state index contributed by atoms with van der Waals surface area (Å²) in [6, 6.07) is 18.5. The minimum atomic E-state index is -0.490. The lowest BCUT2D eigenvalue weighted by atomic mass is 9.85. The first-order valence-electron chi connectivity index (χ1n) is 14.4. The number of benzene rings is 2. The Kier molecular flexibility index (Phi) is 9.57. The fourth-order valence-electron chi connectivity index (χ4n) is 5.25. The Morgan fingerprint density at radius 2 is 1.59 bits per heavy atom. The number of anilines is 1. The van der Waals surface area contributed by atoms with E-state index in [-0.39, 0.29) is 18.5 Å². The van der Waals surface area contributed by atoms with Crippen molar-refractivity contribution in [3.05, 3.63) is 54.1 Å². The second kappa shape index (κ2) is 12.9. The van der Waals surface area contributed by atoms with Crippen molar-refractivity contribution >= 4 is 17.7 Å². The molecule has 2 heterocycles. The van der Waals surface area contributed by atoms with E-state index in [0.717, 1.165) is 35.5 Å². The third-order valence-corrected chi connectivity index (χ3v) is 7.45. The van der Waals surface area contributed by atoms with Crippen LogP contribution in [0.2, 0.25) is 0 Å². The quantitative estimate of drug-likeness (QED) is 0.440. The molecule has 0 aromatic heterocycles. The SMILES string of the molecule is CC(C)C[C@H](NC1(c2ccc(-c3ccc(N4CCN(C(=O)OC(C)(C)C)CC4)cc3)cc2)COC1)C(=O)NCC#N. The van der Waals surface area contributed by atoms with Crippen LogP contribution in [0.4, 0.5) is 10.5 Å². The lowest BCUT2D eigenvalue weighted by Crippen LogP contribution is -2.63. The Hall–Kier alpha value is -3.61. The van der Waals surface area contributed by atoms with Gasteiger partial charge in [-0.25, -0.2) is 4.79 Å². The fraction of sp³-hybridized carbons (Fsp3) is 0.531. The van der Waals surface area contributed by atoms with Gasteiger partial charge in [-0.15, -0.1) is 0 Å². The van der Waals surface area contributed by atoms with Crippen LogP contribution in [0, 0.1) is 17.2 Å². The molecule has 2 aromatic rings. The van der Waals surface area contributed by atoms with Crippen molar-refractivity contribution in [2.24, 2.45) is 5.92 Å². The van der Waals surface area contributed by atoms with Gasteiger partial charge in [0.15, 0.2) is 0 Å². The maximum absolute atomic E-state index is 12.8. The number of nitrogens with zero attached hydrogens (tertiary/aromatic N) is 3. The summed E-state index contributed by atoms with van der Waals surface area (Å²) in [5, 5.41) is 15.1. The van der Waals surface area contributed by atoms with Gasteiger partial charge in [0.2, 0.25) is 5.91 Å². The van der Waals surface area contributed by atoms with Gasteiger partial charge < -0.3 is 24.6 Å². The van der Waals surface area contributed by atoms with Crippen LogP contribution in [0.25, 0.3) is 11.1 Å². The largest absolute Gasteiger partial charge is 0.444 e. The monoisotopic (exact) mass is 561 g/mol. The van der Waals surface area contributed by atoms with Gasteiger partial charge in [0.25, 0.3) is 0 Å². The van der Waals surface area contributed by atoms with Crippen molar-refractivity contribution in [3.8, 4) is 17.2 Å². The van der Waals surface area contributed by atoms with Gasteiger partial charge in [-0.1, -0.05) is 50.2 Å². The molecule has 9 nitrogen and oxygen atoms in total. The minimum absolute atomic E-state index is 0.00557. The third-order valence-electron chi connectivity index (χ3n) is 7.45. The third kappa shape index (κ3) is 7.78. The topological polar surface area (TPSA) is 107 Å². The van der Waals surface area contributed by atoms with Crippen LogP contribution >= 0.6 is 0 Å². The second-order valence-corrected chi connectivity index (χ2v) is 12.4. The molecule has 0 bridgehead atoms. The maximum atomic E-state index is 12.8. The van der Waals surface area contributed by atoms with Crippen LogP contribution in [0.5, 0.6) is 0 Å². The summed E-state index contributed by atoms with van der Waals surface area (Å²) < 4.78 is 11.1. The number of carbonyl (C=O) groups is 2. The van der Waals surface area contributed by atoms with Gasteiger partial charge in [-0.3, -0.25) is 10.1 Å². The number of carbonyl (C=O) groups excluding carboxylic acids is 2. The van der Waals surface area contributed by atoms with E-state index in [1.165, 1.54) is 0 Å². The average Bonchev–Trinajstić information content (AvgIpc) is 2.92. The summed E-state index contributed by atoms with van der Waals surface area (Å²) in [4.78, 5) is 29.2. The molecule has 2 aliphatic rings. The number of rotatable bonds is 9. The highest BCUT2D eigenvalue weighted by atomic mass is 16.6. The molecule has 9 heteroatoms. The number of nitrogens with one attached hydrogen (secondary N) is 2. The van der Waals surface area contributed by atoms with Gasteiger partial charge in [-0.05, 0) is 61.9 Å². The van der Waals surface area contributed by atoms with Crippen molar-refractivity contribution < 1.29 is 19.1 Å². The molecule has 41 heavy (non-hydrogen) atoms. The van der Waals surface area contributed by atoms with Gasteiger partial charge in [0.1, 0.15) is 12.1 Å². The molecule has 0 saturated carbocycles. The zero-order valence-corrected chi connectivity index (χ0v) is 24.9. The molecule has 4 rings (SSSR count). The predicted octanol–water partition coefficient (Wildman–Crippen LogP) is 4.28. The Labute approximate surface area is 243 Å². The summed E-state index contributed by atoms with van der Waals surface area (Å²) in [6.45, 7) is 13.6. The number of piperazine rings is 1. The molecule has 2 aliphatic heterocycles. The number of hydrogen-bond donors (Lipinski definition) is 2. The average molecular weight is 562 g/mol. The minimum Gasteiger partial charge on any atom is -0.444 e. The molecule has 2 amide bonds. The second-order valence-electron chi connectivity index (χ2n) is 12.4. The fourth-order valence-corrected chi connectivity index (χ4v) is 5.25. The summed E-state index contributed by atoms with van der Waals surface area (Å²) in [5.41, 5.74) is 3.51. The van der Waals surface area contributed by atoms with E-state index in [1.807, 2.05) is 26.8 Å². The van der Waals surface area contributed by atoms with E-state index in [2.05, 4.69) is 77.9 Å². The van der Waals surface area contributed by atoms with E-state index in [1.54, 1.807) is 4.90 Å². The normalized spacial score (nSPS) is 17.4. The first-order chi connectivity index (χ1) is 19.5. The first kappa shape index (κ1) is 30.4. The molecule has 2 fully saturated rings. The highest BCUT2D eigenvalue weighted by Crippen LogP contribution is 2.33. The van der Waals surface area contributed by atoms with E-state index in [4.69, 9.17) is 14.7 Å². The Morgan fingerprint density at radius 3 is 2.07 bits per heavy atom. The Bertz CT molecular complexity index is 1220. The van der Waals surface area contributed by atoms with Crippen molar-refractivity contribution in [1.29, 1.82) is 5.26 Å². The first-order valence-corrected chi connectivity index (χ1v) is 14.4. The van der Waals surface area contributed by atoms with Crippen LogP contribution in [-0.4, -0.2) is 74.5 Å². The van der Waals surface area contributed by atoms with Crippen LogP contribution < -0.4 is 15.5 Å². The maximum Gasteiger partial charge on any atom is 0.410 e. The highest BCUT2D eigenvalue weighted by Gasteiger charge is 2.43.